The van der Waals surface area contributed by atoms with Gasteiger partial charge in [0.05, 0.1) is 5.51 Å². The van der Waals surface area contributed by atoms with Gasteiger partial charge in [0.1, 0.15) is 0 Å². The molecule has 0 atom stereocenters. The van der Waals surface area contributed by atoms with Crippen LogP contribution in [-0.2, 0) is 20.1 Å². The number of aromatic nitrogens is 1. The van der Waals surface area contributed by atoms with Gasteiger partial charge in [-0.2, -0.15) is 0 Å². The largest absolute Gasteiger partial charge is 0.253 e. The summed E-state index contributed by atoms with van der Waals surface area (Å²) in [7, 11) is 0. The zero-order valence-electron chi connectivity index (χ0n) is 2.92. The molecule has 0 amide bonds. The van der Waals surface area contributed by atoms with Crippen LogP contribution in [0.5, 0.6) is 0 Å². The van der Waals surface area contributed by atoms with Gasteiger partial charge in [-0.1, -0.05) is 0 Å². The molecule has 0 unspecified atom stereocenters. The molecule has 1 aromatic rings. The smallest absolute Gasteiger partial charge is 0.0791 e. The molecule has 0 fully saturated rings. The number of nitrogens with zero attached hydrogens (tertiary/aromatic N) is 1. The third-order valence-electron chi connectivity index (χ3n) is 0.347. The van der Waals surface area contributed by atoms with Crippen molar-refractivity contribution in [1.82, 2.24) is 4.98 Å². The van der Waals surface area contributed by atoms with Crippen LogP contribution in [0.15, 0.2) is 17.1 Å². The van der Waals surface area contributed by atoms with Crippen LogP contribution in [0.2, 0.25) is 0 Å². The van der Waals surface area contributed by atoms with Crippen LogP contribution < -0.4 is 0 Å². The molecular formula is C3H3IrNS. The second-order valence-electron chi connectivity index (χ2n) is 0.676. The van der Waals surface area contributed by atoms with E-state index in [0.29, 0.717) is 0 Å². The van der Waals surface area contributed by atoms with E-state index >= 15 is 0 Å². The van der Waals surface area contributed by atoms with E-state index in [1.807, 2.05) is 5.38 Å². The summed E-state index contributed by atoms with van der Waals surface area (Å²) in [4.78, 5) is 3.74. The van der Waals surface area contributed by atoms with Crippen molar-refractivity contribution in [1.29, 1.82) is 0 Å². The fraction of sp³-hybridized carbons (Fsp3) is 0. The SMILES string of the molecule is [Ir].c1cscn1. The van der Waals surface area contributed by atoms with Gasteiger partial charge in [-0.25, -0.2) is 0 Å². The first kappa shape index (κ1) is 6.28. The van der Waals surface area contributed by atoms with Crippen molar-refractivity contribution >= 4 is 11.3 Å². The number of thiazole rings is 1. The van der Waals surface area contributed by atoms with Gasteiger partial charge in [-0.05, 0) is 0 Å². The van der Waals surface area contributed by atoms with E-state index in [4.69, 9.17) is 0 Å². The summed E-state index contributed by atoms with van der Waals surface area (Å²) in [6.45, 7) is 0. The fourth-order valence-corrected chi connectivity index (χ4v) is 0.527. The molecule has 1 aromatic heterocycles. The van der Waals surface area contributed by atoms with Gasteiger partial charge in [0.15, 0.2) is 0 Å². The van der Waals surface area contributed by atoms with Crippen molar-refractivity contribution in [2.45, 2.75) is 0 Å². The third-order valence-corrected chi connectivity index (χ3v) is 0.869. The van der Waals surface area contributed by atoms with Gasteiger partial charge in [0.2, 0.25) is 0 Å². The molecule has 0 aliphatic rings. The van der Waals surface area contributed by atoms with Gasteiger partial charge in [0.25, 0.3) is 0 Å². The summed E-state index contributed by atoms with van der Waals surface area (Å²) in [5.41, 5.74) is 1.79. The average Bonchev–Trinajstić information content (AvgIpc) is 1.76. The van der Waals surface area contributed by atoms with Crippen molar-refractivity contribution < 1.29 is 20.1 Å². The van der Waals surface area contributed by atoms with Gasteiger partial charge in [-0.3, -0.25) is 4.98 Å². The summed E-state index contributed by atoms with van der Waals surface area (Å²) in [5.74, 6) is 0. The Hall–Kier alpha value is 0.279. The summed E-state index contributed by atoms with van der Waals surface area (Å²) in [6, 6.07) is 0. The quantitative estimate of drug-likeness (QED) is 0.693. The number of hydrogen-bond donors (Lipinski definition) is 0. The van der Waals surface area contributed by atoms with E-state index in [2.05, 4.69) is 4.98 Å². The molecule has 1 nitrogen and oxygen atoms in total. The monoisotopic (exact) mass is 278 g/mol. The standard InChI is InChI=1S/C3H3NS.Ir/c1-2-5-3-4-1;/h1-3H;. The molecule has 6 heavy (non-hydrogen) atoms. The van der Waals surface area contributed by atoms with Gasteiger partial charge < -0.3 is 0 Å². The molecule has 0 aliphatic carbocycles. The van der Waals surface area contributed by atoms with E-state index in [0.717, 1.165) is 0 Å². The Morgan fingerprint density at radius 2 is 2.33 bits per heavy atom. The first-order valence-electron chi connectivity index (χ1n) is 1.32. The van der Waals surface area contributed by atoms with Crippen molar-refractivity contribution in [3.05, 3.63) is 17.1 Å². The summed E-state index contributed by atoms with van der Waals surface area (Å²) >= 11 is 1.60. The summed E-state index contributed by atoms with van der Waals surface area (Å²) < 4.78 is 0. The molecule has 1 heterocycles. The minimum absolute atomic E-state index is 0. The fourth-order valence-electron chi connectivity index (χ4n) is 0.176. The van der Waals surface area contributed by atoms with Crippen LogP contribution in [0.4, 0.5) is 0 Å². The third kappa shape index (κ3) is 1.65. The predicted octanol–water partition coefficient (Wildman–Crippen LogP) is 1.14. The molecule has 3 heteroatoms. The number of hydrogen-bond acceptors (Lipinski definition) is 2. The maximum atomic E-state index is 3.74. The zero-order valence-corrected chi connectivity index (χ0v) is 6.13. The second kappa shape index (κ2) is 3.47. The minimum Gasteiger partial charge on any atom is -0.253 e. The van der Waals surface area contributed by atoms with Gasteiger partial charge in [-0.15, -0.1) is 11.3 Å². The molecule has 0 saturated carbocycles. The normalized spacial score (nSPS) is 6.67. The van der Waals surface area contributed by atoms with E-state index in [-0.39, 0.29) is 20.1 Å². The second-order valence-corrected chi connectivity index (χ2v) is 1.43. The van der Waals surface area contributed by atoms with Crippen LogP contribution >= 0.6 is 11.3 Å². The minimum atomic E-state index is 0. The van der Waals surface area contributed by atoms with Crippen LogP contribution in [0, 0.1) is 0 Å². The predicted molar refractivity (Wildman–Crippen MR) is 22.1 cm³/mol. The Morgan fingerprint density at radius 3 is 2.50 bits per heavy atom. The molecule has 0 saturated heterocycles. The molecule has 0 N–H and O–H groups in total. The molecule has 1 radical (unpaired) electrons. The first-order valence-corrected chi connectivity index (χ1v) is 2.26. The maximum Gasteiger partial charge on any atom is 0.0791 e. The zero-order chi connectivity index (χ0) is 3.54. The van der Waals surface area contributed by atoms with Crippen molar-refractivity contribution in [3.63, 3.8) is 0 Å². The van der Waals surface area contributed by atoms with E-state index in [1.165, 1.54) is 0 Å². The van der Waals surface area contributed by atoms with Crippen LogP contribution in [0.1, 0.15) is 0 Å². The molecule has 0 aromatic carbocycles. The van der Waals surface area contributed by atoms with Crippen molar-refractivity contribution in [2.24, 2.45) is 0 Å². The van der Waals surface area contributed by atoms with E-state index in [9.17, 15) is 0 Å². The Kier molecular flexibility index (Phi) is 3.63. The Morgan fingerprint density at radius 1 is 1.50 bits per heavy atom. The Bertz CT molecular complexity index is 67.3. The Balaban J connectivity index is 0.000000250. The molecular weight excluding hydrogens is 274 g/mol. The molecule has 0 spiro atoms. The van der Waals surface area contributed by atoms with Crippen LogP contribution in [0.3, 0.4) is 0 Å². The van der Waals surface area contributed by atoms with Crippen LogP contribution in [0.25, 0.3) is 0 Å². The topological polar surface area (TPSA) is 12.9 Å². The molecule has 0 aliphatic heterocycles. The van der Waals surface area contributed by atoms with Gasteiger partial charge >= 0.3 is 0 Å². The molecule has 0 bridgehead atoms. The maximum absolute atomic E-state index is 3.74. The van der Waals surface area contributed by atoms with E-state index < -0.39 is 0 Å². The average molecular weight is 277 g/mol. The molecule has 1 rings (SSSR count). The Labute approximate surface area is 53.8 Å². The summed E-state index contributed by atoms with van der Waals surface area (Å²) in [6.07, 6.45) is 1.77. The van der Waals surface area contributed by atoms with Crippen molar-refractivity contribution in [3.8, 4) is 0 Å². The number of rotatable bonds is 0. The first-order chi connectivity index (χ1) is 2.50. The van der Waals surface area contributed by atoms with E-state index in [1.54, 1.807) is 23.0 Å². The van der Waals surface area contributed by atoms with Crippen LogP contribution in [-0.4, -0.2) is 4.98 Å². The molecule has 35 valence electrons. The summed E-state index contributed by atoms with van der Waals surface area (Å²) in [5, 5.41) is 1.93. The van der Waals surface area contributed by atoms with Gasteiger partial charge in [0, 0.05) is 31.7 Å². The van der Waals surface area contributed by atoms with Crippen molar-refractivity contribution in [2.75, 3.05) is 0 Å².